The molecule has 0 spiro atoms. The monoisotopic (exact) mass is 341 g/mol. The standard InChI is InChI=1S/C12H26N2O.HI/c1-11(2)8-10(14(5,6)7)9-12(3,4)13(11)15;/h10H,8-9H2,1-7H3;1H/q+1;/p-1. The number of quaternary nitrogens is 1. The molecule has 1 rings (SSSR count). The van der Waals surface area contributed by atoms with Gasteiger partial charge >= 0.3 is 0 Å². The zero-order valence-corrected chi connectivity index (χ0v) is 13.8. The highest BCUT2D eigenvalue weighted by Crippen LogP contribution is 2.39. The molecular weight excluding hydrogens is 315 g/mol. The minimum absolute atomic E-state index is 0. The smallest absolute Gasteiger partial charge is 0.0921 e. The highest BCUT2D eigenvalue weighted by molar-refractivity contribution is 4.96. The highest BCUT2D eigenvalue weighted by Gasteiger charge is 2.49. The minimum Gasteiger partial charge on any atom is -1.00 e. The van der Waals surface area contributed by atoms with E-state index in [1.165, 1.54) is 5.06 Å². The van der Waals surface area contributed by atoms with Gasteiger partial charge in [-0.3, -0.25) is 0 Å². The molecule has 0 aromatic heterocycles. The summed E-state index contributed by atoms with van der Waals surface area (Å²) in [6.07, 6.45) is 1.95. The third-order valence-corrected chi connectivity index (χ3v) is 3.67. The first-order chi connectivity index (χ1) is 6.47. The van der Waals surface area contributed by atoms with E-state index in [-0.39, 0.29) is 35.1 Å². The van der Waals surface area contributed by atoms with Crippen molar-refractivity contribution in [2.24, 2.45) is 0 Å². The van der Waals surface area contributed by atoms with Crippen LogP contribution in [0.1, 0.15) is 40.5 Å². The molecule has 0 aromatic carbocycles. The molecule has 1 radical (unpaired) electrons. The van der Waals surface area contributed by atoms with Crippen molar-refractivity contribution in [2.75, 3.05) is 21.1 Å². The lowest BCUT2D eigenvalue weighted by Gasteiger charge is -2.52. The van der Waals surface area contributed by atoms with Crippen molar-refractivity contribution < 1.29 is 33.7 Å². The number of hydrogen-bond donors (Lipinski definition) is 0. The van der Waals surface area contributed by atoms with E-state index in [9.17, 15) is 5.21 Å². The largest absolute Gasteiger partial charge is 1.00 e. The highest BCUT2D eigenvalue weighted by atomic mass is 127. The third-order valence-electron chi connectivity index (χ3n) is 3.67. The molecule has 3 nitrogen and oxygen atoms in total. The number of hydrogen-bond acceptors (Lipinski definition) is 1. The summed E-state index contributed by atoms with van der Waals surface area (Å²) < 4.78 is 0.945. The number of hydroxylamine groups is 2. The second kappa shape index (κ2) is 4.71. The molecule has 0 aliphatic carbocycles. The average Bonchev–Trinajstić information content (AvgIpc) is 1.97. The van der Waals surface area contributed by atoms with Crippen molar-refractivity contribution in [3.05, 3.63) is 0 Å². The van der Waals surface area contributed by atoms with Gasteiger partial charge in [-0.1, -0.05) is 0 Å². The molecule has 0 aromatic rings. The average molecular weight is 341 g/mol. The van der Waals surface area contributed by atoms with Gasteiger partial charge in [0.2, 0.25) is 0 Å². The van der Waals surface area contributed by atoms with Crippen LogP contribution in [-0.2, 0) is 5.21 Å². The van der Waals surface area contributed by atoms with E-state index in [0.717, 1.165) is 17.3 Å². The summed E-state index contributed by atoms with van der Waals surface area (Å²) in [7, 11) is 6.66. The van der Waals surface area contributed by atoms with Crippen molar-refractivity contribution in [2.45, 2.75) is 57.7 Å². The maximum atomic E-state index is 12.2. The van der Waals surface area contributed by atoms with Crippen LogP contribution in [0.25, 0.3) is 0 Å². The molecule has 1 fully saturated rings. The van der Waals surface area contributed by atoms with Gasteiger partial charge in [-0.15, -0.1) is 10.3 Å². The molecule has 1 aliphatic rings. The second-order valence-corrected chi connectivity index (χ2v) is 7.10. The molecule has 1 saturated heterocycles. The number of rotatable bonds is 1. The van der Waals surface area contributed by atoms with Crippen molar-refractivity contribution in [3.8, 4) is 0 Å². The fourth-order valence-corrected chi connectivity index (χ4v) is 2.76. The molecule has 97 valence electrons. The Bertz CT molecular complexity index is 228. The van der Waals surface area contributed by atoms with Crippen LogP contribution in [0.3, 0.4) is 0 Å². The fourth-order valence-electron chi connectivity index (χ4n) is 2.76. The van der Waals surface area contributed by atoms with Crippen LogP contribution in [0.2, 0.25) is 0 Å². The Kier molecular flexibility index (Phi) is 4.88. The Labute approximate surface area is 117 Å². The normalized spacial score (nSPS) is 26.2. The summed E-state index contributed by atoms with van der Waals surface area (Å²) >= 11 is 0. The van der Waals surface area contributed by atoms with Crippen LogP contribution in [0, 0.1) is 0 Å². The zero-order valence-electron chi connectivity index (χ0n) is 11.7. The topological polar surface area (TPSA) is 23.1 Å². The van der Waals surface area contributed by atoms with Gasteiger partial charge in [-0.05, 0) is 27.7 Å². The van der Waals surface area contributed by atoms with Gasteiger partial charge in [-0.2, -0.15) is 0 Å². The lowest BCUT2D eigenvalue weighted by molar-refractivity contribution is -0.899. The molecule has 0 atom stereocenters. The molecule has 1 aliphatic heterocycles. The lowest BCUT2D eigenvalue weighted by atomic mass is 9.78. The molecular formula is C12H26IN2O. The number of halogens is 1. The van der Waals surface area contributed by atoms with E-state index in [4.69, 9.17) is 0 Å². The van der Waals surface area contributed by atoms with E-state index >= 15 is 0 Å². The van der Waals surface area contributed by atoms with Crippen molar-refractivity contribution in [1.29, 1.82) is 0 Å². The van der Waals surface area contributed by atoms with Gasteiger partial charge in [0, 0.05) is 23.9 Å². The number of piperidine rings is 1. The second-order valence-electron chi connectivity index (χ2n) is 7.10. The molecule has 4 heteroatoms. The maximum absolute atomic E-state index is 12.2. The third kappa shape index (κ3) is 3.31. The molecule has 0 amide bonds. The molecule has 0 bridgehead atoms. The summed E-state index contributed by atoms with van der Waals surface area (Å²) in [6.45, 7) is 8.24. The first kappa shape index (κ1) is 16.6. The first-order valence-electron chi connectivity index (χ1n) is 5.75. The first-order valence-corrected chi connectivity index (χ1v) is 5.75. The van der Waals surface area contributed by atoms with Crippen LogP contribution >= 0.6 is 0 Å². The van der Waals surface area contributed by atoms with Gasteiger partial charge < -0.3 is 28.5 Å². The zero-order chi connectivity index (χ0) is 12.1. The van der Waals surface area contributed by atoms with E-state index in [1.807, 2.05) is 0 Å². The van der Waals surface area contributed by atoms with Gasteiger partial charge in [-0.25, -0.2) is 0 Å². The number of nitrogens with zero attached hydrogens (tertiary/aromatic N) is 2. The van der Waals surface area contributed by atoms with Gasteiger partial charge in [0.15, 0.2) is 0 Å². The maximum Gasteiger partial charge on any atom is 0.0921 e. The summed E-state index contributed by atoms with van der Waals surface area (Å²) in [5, 5.41) is 13.4. The van der Waals surface area contributed by atoms with E-state index in [2.05, 4.69) is 48.8 Å². The van der Waals surface area contributed by atoms with Crippen LogP contribution in [0.15, 0.2) is 0 Å². The van der Waals surface area contributed by atoms with Crippen LogP contribution in [-0.4, -0.2) is 47.8 Å². The van der Waals surface area contributed by atoms with Crippen LogP contribution in [0.4, 0.5) is 0 Å². The van der Waals surface area contributed by atoms with Gasteiger partial charge in [0.1, 0.15) is 0 Å². The Morgan fingerprint density at radius 2 is 1.31 bits per heavy atom. The van der Waals surface area contributed by atoms with Crippen molar-refractivity contribution >= 4 is 0 Å². The molecule has 1 heterocycles. The van der Waals surface area contributed by atoms with Gasteiger partial charge in [0.05, 0.1) is 27.2 Å². The quantitative estimate of drug-likeness (QED) is 0.446. The Morgan fingerprint density at radius 1 is 1.00 bits per heavy atom. The molecule has 16 heavy (non-hydrogen) atoms. The van der Waals surface area contributed by atoms with Crippen molar-refractivity contribution in [3.63, 3.8) is 0 Å². The Hall–Kier alpha value is 0.610. The predicted octanol–water partition coefficient (Wildman–Crippen LogP) is -0.936. The summed E-state index contributed by atoms with van der Waals surface area (Å²) in [5.74, 6) is 0. The minimum atomic E-state index is -0.238. The van der Waals surface area contributed by atoms with Crippen LogP contribution in [0.5, 0.6) is 0 Å². The Morgan fingerprint density at radius 3 is 1.56 bits per heavy atom. The van der Waals surface area contributed by atoms with E-state index in [0.29, 0.717) is 6.04 Å². The summed E-state index contributed by atoms with van der Waals surface area (Å²) in [4.78, 5) is 0. The fraction of sp³-hybridized carbons (Fsp3) is 1.00. The SMILES string of the molecule is CC1(C)CC([N+](C)(C)C)CC(C)(C)N1[O].[I-]. The summed E-state index contributed by atoms with van der Waals surface area (Å²) in [5.41, 5.74) is -0.476. The molecule has 0 saturated carbocycles. The van der Waals surface area contributed by atoms with Crippen LogP contribution < -0.4 is 24.0 Å². The Balaban J connectivity index is 0.00000225. The van der Waals surface area contributed by atoms with Crippen molar-refractivity contribution in [1.82, 2.24) is 5.06 Å². The van der Waals surface area contributed by atoms with E-state index < -0.39 is 0 Å². The predicted molar refractivity (Wildman–Crippen MR) is 61.7 cm³/mol. The van der Waals surface area contributed by atoms with Gasteiger partial charge in [0.25, 0.3) is 0 Å². The molecule has 0 unspecified atom stereocenters. The lowest BCUT2D eigenvalue weighted by Crippen LogP contribution is -3.00. The summed E-state index contributed by atoms with van der Waals surface area (Å²) in [6, 6.07) is 0.570. The van der Waals surface area contributed by atoms with E-state index in [1.54, 1.807) is 0 Å². The molecule has 0 N–H and O–H groups in total.